The minimum Gasteiger partial charge on any atom is -0.298 e. The molecule has 1 aromatic heterocycles. The molecule has 4 heteroatoms. The summed E-state index contributed by atoms with van der Waals surface area (Å²) in [4.78, 5) is 10.8. The largest absolute Gasteiger partial charge is 0.298 e. The predicted octanol–water partition coefficient (Wildman–Crippen LogP) is 1.50. The van der Waals surface area contributed by atoms with Crippen molar-refractivity contribution >= 4 is 5.78 Å². The van der Waals surface area contributed by atoms with Gasteiger partial charge in [-0.3, -0.25) is 9.48 Å². The molecule has 1 aromatic rings. The summed E-state index contributed by atoms with van der Waals surface area (Å²) in [5.74, 6) is 0.0307. The Morgan fingerprint density at radius 3 is 2.85 bits per heavy atom. The molecule has 13 heavy (non-hydrogen) atoms. The van der Waals surface area contributed by atoms with Crippen LogP contribution >= 0.6 is 0 Å². The molecule has 0 unspecified atom stereocenters. The van der Waals surface area contributed by atoms with E-state index in [1.165, 1.54) is 6.92 Å². The van der Waals surface area contributed by atoms with Gasteiger partial charge >= 0.3 is 0 Å². The van der Waals surface area contributed by atoms with Gasteiger partial charge in [0.2, 0.25) is 0 Å². The molecule has 0 atom stereocenters. The highest BCUT2D eigenvalue weighted by atomic mass is 19.1. The number of halogens is 1. The molecule has 0 spiro atoms. The van der Waals surface area contributed by atoms with E-state index in [2.05, 4.69) is 5.10 Å². The maximum atomic E-state index is 12.2. The Hall–Kier alpha value is -1.19. The lowest BCUT2D eigenvalue weighted by molar-refractivity contribution is -0.117. The summed E-state index contributed by atoms with van der Waals surface area (Å²) in [7, 11) is 0. The molecule has 0 amide bonds. The second kappa shape index (κ2) is 4.16. The van der Waals surface area contributed by atoms with Crippen LogP contribution in [0.5, 0.6) is 0 Å². The molecule has 0 radical (unpaired) electrons. The van der Waals surface area contributed by atoms with Gasteiger partial charge in [-0.15, -0.1) is 0 Å². The Balaban J connectivity index is 2.90. The van der Waals surface area contributed by atoms with E-state index in [1.54, 1.807) is 10.7 Å². The maximum Gasteiger partial charge on any atom is 0.151 e. The van der Waals surface area contributed by atoms with Crippen LogP contribution in [-0.2, 0) is 24.4 Å². The van der Waals surface area contributed by atoms with Gasteiger partial charge in [0.25, 0.3) is 0 Å². The fourth-order valence-electron chi connectivity index (χ4n) is 1.21. The van der Waals surface area contributed by atoms with E-state index < -0.39 is 6.67 Å². The highest BCUT2D eigenvalue weighted by molar-refractivity contribution is 5.75. The van der Waals surface area contributed by atoms with Crippen LogP contribution in [0.1, 0.15) is 25.2 Å². The van der Waals surface area contributed by atoms with Gasteiger partial charge in [0.15, 0.2) is 5.78 Å². The smallest absolute Gasteiger partial charge is 0.151 e. The molecule has 1 rings (SSSR count). The van der Waals surface area contributed by atoms with Gasteiger partial charge in [-0.05, 0) is 19.4 Å². The van der Waals surface area contributed by atoms with Crippen molar-refractivity contribution in [1.82, 2.24) is 9.78 Å². The van der Waals surface area contributed by atoms with Crippen LogP contribution in [0.4, 0.5) is 4.39 Å². The van der Waals surface area contributed by atoms with Crippen LogP contribution in [0.2, 0.25) is 0 Å². The maximum absolute atomic E-state index is 12.2. The Morgan fingerprint density at radius 2 is 2.38 bits per heavy atom. The van der Waals surface area contributed by atoms with E-state index in [0.717, 1.165) is 12.1 Å². The number of alkyl halides is 1. The third-order valence-corrected chi connectivity index (χ3v) is 1.79. The Kier molecular flexibility index (Phi) is 3.17. The van der Waals surface area contributed by atoms with E-state index in [0.29, 0.717) is 5.69 Å². The predicted molar refractivity (Wildman–Crippen MR) is 47.1 cm³/mol. The van der Waals surface area contributed by atoms with Gasteiger partial charge in [0, 0.05) is 5.69 Å². The summed E-state index contributed by atoms with van der Waals surface area (Å²) in [6.45, 7) is 3.12. The number of nitrogens with zero attached hydrogens (tertiary/aromatic N) is 2. The molecule has 0 fully saturated rings. The third kappa shape index (κ3) is 2.37. The van der Waals surface area contributed by atoms with Crippen molar-refractivity contribution in [3.05, 3.63) is 17.5 Å². The van der Waals surface area contributed by atoms with E-state index in [1.807, 2.05) is 6.92 Å². The monoisotopic (exact) mass is 184 g/mol. The van der Waals surface area contributed by atoms with E-state index in [9.17, 15) is 9.18 Å². The van der Waals surface area contributed by atoms with Crippen LogP contribution in [-0.4, -0.2) is 15.6 Å². The number of rotatable bonds is 4. The molecule has 0 saturated heterocycles. The second-order valence-electron chi connectivity index (χ2n) is 2.97. The summed E-state index contributed by atoms with van der Waals surface area (Å²) in [5, 5.41) is 3.96. The molecule has 0 aliphatic heterocycles. The number of carbonyl (C=O) groups is 1. The van der Waals surface area contributed by atoms with Gasteiger partial charge in [-0.25, -0.2) is 4.39 Å². The lowest BCUT2D eigenvalue weighted by Crippen LogP contribution is -2.10. The SMILES string of the molecule is CCc1cc(CF)nn1CC(C)=O. The summed E-state index contributed by atoms with van der Waals surface area (Å²) < 4.78 is 13.8. The molecule has 0 N–H and O–H groups in total. The average Bonchev–Trinajstić information content (AvgIpc) is 2.46. The minimum atomic E-state index is -0.572. The van der Waals surface area contributed by atoms with E-state index >= 15 is 0 Å². The highest BCUT2D eigenvalue weighted by Gasteiger charge is 2.07. The van der Waals surface area contributed by atoms with Gasteiger partial charge in [-0.2, -0.15) is 5.10 Å². The fourth-order valence-corrected chi connectivity index (χ4v) is 1.21. The molecular formula is C9H13FN2O. The first kappa shape index (κ1) is 9.89. The van der Waals surface area contributed by atoms with Crippen LogP contribution < -0.4 is 0 Å². The zero-order valence-corrected chi connectivity index (χ0v) is 7.88. The number of hydrogen-bond donors (Lipinski definition) is 0. The fraction of sp³-hybridized carbons (Fsp3) is 0.556. The molecule has 0 saturated carbocycles. The average molecular weight is 184 g/mol. The standard InChI is InChI=1S/C9H13FN2O/c1-3-9-4-8(5-10)11-12(9)6-7(2)13/h4H,3,5-6H2,1-2H3. The number of Topliss-reactive ketones (excluding diaryl/α,β-unsaturated/α-hetero) is 1. The van der Waals surface area contributed by atoms with Crippen molar-refractivity contribution in [1.29, 1.82) is 0 Å². The van der Waals surface area contributed by atoms with Gasteiger partial charge in [0.1, 0.15) is 6.67 Å². The molecule has 0 aliphatic carbocycles. The van der Waals surface area contributed by atoms with Crippen molar-refractivity contribution in [3.63, 3.8) is 0 Å². The van der Waals surface area contributed by atoms with Gasteiger partial charge < -0.3 is 0 Å². The number of hydrogen-bond acceptors (Lipinski definition) is 2. The van der Waals surface area contributed by atoms with Crippen molar-refractivity contribution < 1.29 is 9.18 Å². The minimum absolute atomic E-state index is 0.0307. The van der Waals surface area contributed by atoms with Crippen molar-refractivity contribution in [2.24, 2.45) is 0 Å². The Bertz CT molecular complexity index is 307. The topological polar surface area (TPSA) is 34.9 Å². The van der Waals surface area contributed by atoms with Crippen molar-refractivity contribution in [2.45, 2.75) is 33.5 Å². The van der Waals surface area contributed by atoms with Crippen LogP contribution in [0.3, 0.4) is 0 Å². The zero-order chi connectivity index (χ0) is 9.84. The van der Waals surface area contributed by atoms with Crippen molar-refractivity contribution in [3.8, 4) is 0 Å². The summed E-state index contributed by atoms with van der Waals surface area (Å²) in [6.07, 6.45) is 0.764. The lowest BCUT2D eigenvalue weighted by atomic mass is 10.3. The first-order chi connectivity index (χ1) is 6.17. The molecule has 0 aromatic carbocycles. The van der Waals surface area contributed by atoms with Crippen LogP contribution in [0.25, 0.3) is 0 Å². The van der Waals surface area contributed by atoms with Crippen LogP contribution in [0, 0.1) is 0 Å². The first-order valence-electron chi connectivity index (χ1n) is 4.28. The van der Waals surface area contributed by atoms with E-state index in [-0.39, 0.29) is 12.3 Å². The summed E-state index contributed by atoms with van der Waals surface area (Å²) in [5.41, 5.74) is 1.31. The number of ketones is 1. The number of aromatic nitrogens is 2. The quantitative estimate of drug-likeness (QED) is 0.710. The highest BCUT2D eigenvalue weighted by Crippen LogP contribution is 2.06. The second-order valence-corrected chi connectivity index (χ2v) is 2.97. The number of carbonyl (C=O) groups excluding carboxylic acids is 1. The summed E-state index contributed by atoms with van der Waals surface area (Å²) >= 11 is 0. The molecule has 0 aliphatic rings. The lowest BCUT2D eigenvalue weighted by Gasteiger charge is -2.01. The van der Waals surface area contributed by atoms with Gasteiger partial charge in [-0.1, -0.05) is 6.92 Å². The Morgan fingerprint density at radius 1 is 1.69 bits per heavy atom. The normalized spacial score (nSPS) is 10.4. The molecule has 1 heterocycles. The third-order valence-electron chi connectivity index (χ3n) is 1.79. The first-order valence-corrected chi connectivity index (χ1v) is 4.28. The Labute approximate surface area is 76.6 Å². The zero-order valence-electron chi connectivity index (χ0n) is 7.88. The van der Waals surface area contributed by atoms with Gasteiger partial charge in [0.05, 0.1) is 12.2 Å². The van der Waals surface area contributed by atoms with Crippen molar-refractivity contribution in [2.75, 3.05) is 0 Å². The number of aryl methyl sites for hydroxylation is 1. The molecular weight excluding hydrogens is 171 g/mol. The summed E-state index contributed by atoms with van der Waals surface area (Å²) in [6, 6.07) is 1.70. The van der Waals surface area contributed by atoms with E-state index in [4.69, 9.17) is 0 Å². The molecule has 0 bridgehead atoms. The molecule has 3 nitrogen and oxygen atoms in total. The van der Waals surface area contributed by atoms with Crippen LogP contribution in [0.15, 0.2) is 6.07 Å². The molecule has 72 valence electrons.